The van der Waals surface area contributed by atoms with E-state index < -0.39 is 41.9 Å². The molecule has 1 unspecified atom stereocenters. The molecule has 2 aliphatic rings. The molecule has 0 spiro atoms. The molecule has 8 heteroatoms. The molecule has 0 radical (unpaired) electrons. The number of anilines is 1. The van der Waals surface area contributed by atoms with Crippen molar-refractivity contribution in [2.75, 3.05) is 18.0 Å². The Morgan fingerprint density at radius 3 is 2.38 bits per heavy atom. The van der Waals surface area contributed by atoms with Gasteiger partial charge in [-0.3, -0.25) is 10.1 Å². The summed E-state index contributed by atoms with van der Waals surface area (Å²) in [5.74, 6) is -3.78. The summed E-state index contributed by atoms with van der Waals surface area (Å²) in [6, 6.07) is 2.36. The predicted molar refractivity (Wildman–Crippen MR) is 81.4 cm³/mol. The summed E-state index contributed by atoms with van der Waals surface area (Å²) in [6.07, 6.45) is -1.14. The molecule has 0 aromatic heterocycles. The van der Waals surface area contributed by atoms with E-state index in [-0.39, 0.29) is 24.9 Å². The molecule has 0 saturated carbocycles. The van der Waals surface area contributed by atoms with Gasteiger partial charge in [-0.25, -0.2) is 8.78 Å². The van der Waals surface area contributed by atoms with Crippen LogP contribution in [0.4, 0.5) is 14.5 Å². The summed E-state index contributed by atoms with van der Waals surface area (Å²) in [6.45, 7) is 0.641. The highest BCUT2D eigenvalue weighted by Crippen LogP contribution is 2.35. The van der Waals surface area contributed by atoms with Crippen molar-refractivity contribution < 1.29 is 28.9 Å². The summed E-state index contributed by atoms with van der Waals surface area (Å²) in [4.78, 5) is 12.7. The third-order valence-corrected chi connectivity index (χ3v) is 4.83. The Bertz CT molecular complexity index is 619. The van der Waals surface area contributed by atoms with Gasteiger partial charge in [0, 0.05) is 30.3 Å². The fourth-order valence-corrected chi connectivity index (χ4v) is 3.50. The normalized spacial score (nSPS) is 30.6. The average molecular weight is 342 g/mol. The van der Waals surface area contributed by atoms with Gasteiger partial charge in [0.2, 0.25) is 0 Å². The lowest BCUT2D eigenvalue weighted by Gasteiger charge is -2.33. The molecule has 0 aliphatic carbocycles. The number of benzene rings is 1. The minimum Gasteiger partial charge on any atom is -0.481 e. The second kappa shape index (κ2) is 6.62. The fourth-order valence-electron chi connectivity index (χ4n) is 3.50. The summed E-state index contributed by atoms with van der Waals surface area (Å²) in [7, 11) is 0. The summed E-state index contributed by atoms with van der Waals surface area (Å²) in [5, 5.41) is 30.9. The summed E-state index contributed by atoms with van der Waals surface area (Å²) in [5.41, 5.74) is 0.0930. The molecule has 4 N–H and O–H groups in total. The van der Waals surface area contributed by atoms with E-state index in [1.54, 1.807) is 4.90 Å². The average Bonchev–Trinajstić information content (AvgIpc) is 2.98. The van der Waals surface area contributed by atoms with Crippen LogP contribution in [0.3, 0.4) is 0 Å². The standard InChI is InChI=1S/C16H20F2N2O4/c17-11-5-9(20-4-3-8(7-20)16(23)24)6-12(18)14(11)10-1-2-13(21)19-15(10)22/h5-6,8,10,13,15,19,21-22H,1-4,7H2,(H,23,24)/t8?,10-,13-,15-/m1/s1. The molecule has 3 rings (SSSR count). The number of piperidine rings is 1. The maximum absolute atomic E-state index is 14.5. The predicted octanol–water partition coefficient (Wildman–Crippen LogP) is 0.979. The Kier molecular flexibility index (Phi) is 4.71. The van der Waals surface area contributed by atoms with E-state index in [2.05, 4.69) is 5.32 Å². The van der Waals surface area contributed by atoms with Gasteiger partial charge in [-0.15, -0.1) is 0 Å². The van der Waals surface area contributed by atoms with E-state index in [9.17, 15) is 23.8 Å². The van der Waals surface area contributed by atoms with Crippen LogP contribution in [0, 0.1) is 17.6 Å². The van der Waals surface area contributed by atoms with Crippen LogP contribution in [0.25, 0.3) is 0 Å². The van der Waals surface area contributed by atoms with Crippen molar-refractivity contribution in [2.45, 2.75) is 37.6 Å². The van der Waals surface area contributed by atoms with E-state index in [0.717, 1.165) is 0 Å². The minimum absolute atomic E-state index is 0.209. The van der Waals surface area contributed by atoms with E-state index in [4.69, 9.17) is 5.11 Å². The molecular formula is C16H20F2N2O4. The van der Waals surface area contributed by atoms with Crippen LogP contribution in [0.1, 0.15) is 30.7 Å². The highest BCUT2D eigenvalue weighted by Gasteiger charge is 2.34. The van der Waals surface area contributed by atoms with E-state index in [1.807, 2.05) is 0 Å². The van der Waals surface area contributed by atoms with Gasteiger partial charge in [0.05, 0.1) is 5.92 Å². The van der Waals surface area contributed by atoms with Crippen LogP contribution in [0.5, 0.6) is 0 Å². The van der Waals surface area contributed by atoms with Gasteiger partial charge in [-0.05, 0) is 31.4 Å². The van der Waals surface area contributed by atoms with E-state index >= 15 is 0 Å². The first-order valence-electron chi connectivity index (χ1n) is 7.95. The molecule has 6 nitrogen and oxygen atoms in total. The topological polar surface area (TPSA) is 93.0 Å². The first kappa shape index (κ1) is 17.1. The van der Waals surface area contributed by atoms with Crippen LogP contribution in [0.2, 0.25) is 0 Å². The molecule has 132 valence electrons. The highest BCUT2D eigenvalue weighted by molar-refractivity contribution is 5.72. The van der Waals surface area contributed by atoms with Crippen molar-refractivity contribution in [1.29, 1.82) is 0 Å². The Labute approximate surface area is 137 Å². The molecule has 1 aromatic carbocycles. The number of aliphatic hydroxyl groups excluding tert-OH is 2. The maximum Gasteiger partial charge on any atom is 0.308 e. The zero-order valence-electron chi connectivity index (χ0n) is 13.0. The van der Waals surface area contributed by atoms with Gasteiger partial charge in [0.1, 0.15) is 24.1 Å². The number of carboxylic acid groups (broad SMARTS) is 1. The van der Waals surface area contributed by atoms with Gasteiger partial charge in [0.15, 0.2) is 0 Å². The third kappa shape index (κ3) is 3.22. The van der Waals surface area contributed by atoms with Crippen molar-refractivity contribution in [3.05, 3.63) is 29.3 Å². The molecule has 0 bridgehead atoms. The Morgan fingerprint density at radius 1 is 1.17 bits per heavy atom. The number of rotatable bonds is 3. The van der Waals surface area contributed by atoms with Crippen LogP contribution in [-0.2, 0) is 4.79 Å². The first-order chi connectivity index (χ1) is 11.4. The lowest BCUT2D eigenvalue weighted by atomic mass is 9.88. The lowest BCUT2D eigenvalue weighted by molar-refractivity contribution is -0.140. The number of hydrogen-bond donors (Lipinski definition) is 4. The molecule has 2 fully saturated rings. The molecular weight excluding hydrogens is 322 g/mol. The Hall–Kier alpha value is -1.77. The van der Waals surface area contributed by atoms with Crippen molar-refractivity contribution in [1.82, 2.24) is 5.32 Å². The molecule has 24 heavy (non-hydrogen) atoms. The molecule has 4 atom stereocenters. The highest BCUT2D eigenvalue weighted by atomic mass is 19.1. The van der Waals surface area contributed by atoms with Crippen LogP contribution >= 0.6 is 0 Å². The third-order valence-electron chi connectivity index (χ3n) is 4.83. The minimum atomic E-state index is -1.23. The van der Waals surface area contributed by atoms with Gasteiger partial charge in [-0.1, -0.05) is 0 Å². The van der Waals surface area contributed by atoms with Crippen molar-refractivity contribution >= 4 is 11.7 Å². The number of nitrogens with zero attached hydrogens (tertiary/aromatic N) is 1. The molecule has 0 amide bonds. The molecule has 2 aliphatic heterocycles. The zero-order valence-corrected chi connectivity index (χ0v) is 13.0. The number of aliphatic hydroxyl groups is 2. The van der Waals surface area contributed by atoms with E-state index in [1.165, 1.54) is 12.1 Å². The summed E-state index contributed by atoms with van der Waals surface area (Å²) >= 11 is 0. The molecule has 2 saturated heterocycles. The van der Waals surface area contributed by atoms with Gasteiger partial charge in [-0.2, -0.15) is 0 Å². The van der Waals surface area contributed by atoms with Gasteiger partial charge >= 0.3 is 5.97 Å². The second-order valence-electron chi connectivity index (χ2n) is 6.40. The quantitative estimate of drug-likeness (QED) is 0.654. The van der Waals surface area contributed by atoms with Crippen molar-refractivity contribution in [3.63, 3.8) is 0 Å². The SMILES string of the molecule is O=C(O)C1CCN(c2cc(F)c([C@H]3CC[C@@H](O)N[C@@H]3O)c(F)c2)C1. The van der Waals surface area contributed by atoms with Crippen LogP contribution < -0.4 is 10.2 Å². The number of nitrogens with one attached hydrogen (secondary N) is 1. The number of hydrogen-bond acceptors (Lipinski definition) is 5. The second-order valence-corrected chi connectivity index (χ2v) is 6.40. The van der Waals surface area contributed by atoms with Crippen LogP contribution in [-0.4, -0.2) is 46.8 Å². The van der Waals surface area contributed by atoms with Crippen molar-refractivity contribution in [3.8, 4) is 0 Å². The largest absolute Gasteiger partial charge is 0.481 e. The van der Waals surface area contributed by atoms with Crippen LogP contribution in [0.15, 0.2) is 12.1 Å². The van der Waals surface area contributed by atoms with E-state index in [0.29, 0.717) is 18.7 Å². The van der Waals surface area contributed by atoms with Gasteiger partial charge in [0.25, 0.3) is 0 Å². The maximum atomic E-state index is 14.5. The first-order valence-corrected chi connectivity index (χ1v) is 7.95. The smallest absolute Gasteiger partial charge is 0.308 e. The number of halogens is 2. The monoisotopic (exact) mass is 342 g/mol. The molecule has 2 heterocycles. The number of carbonyl (C=O) groups is 1. The molecule has 1 aromatic rings. The fraction of sp³-hybridized carbons (Fsp3) is 0.562. The lowest BCUT2D eigenvalue weighted by Crippen LogP contribution is -2.46. The number of carboxylic acids is 1. The number of aliphatic carboxylic acids is 1. The Morgan fingerprint density at radius 2 is 1.83 bits per heavy atom. The summed E-state index contributed by atoms with van der Waals surface area (Å²) < 4.78 is 29.0. The Balaban J connectivity index is 1.83. The zero-order chi connectivity index (χ0) is 17.4. The van der Waals surface area contributed by atoms with Crippen molar-refractivity contribution in [2.24, 2.45) is 5.92 Å². The van der Waals surface area contributed by atoms with Gasteiger partial charge < -0.3 is 20.2 Å².